The summed E-state index contributed by atoms with van der Waals surface area (Å²) in [6.45, 7) is 5.63. The maximum Gasteiger partial charge on any atom is 0.253 e. The first-order chi connectivity index (χ1) is 19.7. The maximum atomic E-state index is 12.0. The van der Waals surface area contributed by atoms with Crippen LogP contribution in [0.1, 0.15) is 90.9 Å². The van der Waals surface area contributed by atoms with E-state index in [4.69, 9.17) is 0 Å². The van der Waals surface area contributed by atoms with Crippen LogP contribution in [0.15, 0.2) is 36.5 Å². The van der Waals surface area contributed by atoms with Crippen LogP contribution in [0.25, 0.3) is 0 Å². The summed E-state index contributed by atoms with van der Waals surface area (Å²) in [6, 6.07) is 0. The molecule has 0 spiro atoms. The Bertz CT molecular complexity index is 963. The normalized spacial score (nSPS) is 19.0. The highest BCUT2D eigenvalue weighted by Crippen LogP contribution is 2.33. The number of rotatable bonds is 20. The molecule has 41 heavy (non-hydrogen) atoms. The maximum absolute atomic E-state index is 12.0. The molecule has 0 fully saturated rings. The van der Waals surface area contributed by atoms with E-state index in [1.807, 2.05) is 0 Å². The number of carbonyl (C=O) groups excluding carboxylic acids is 6. The summed E-state index contributed by atoms with van der Waals surface area (Å²) in [7, 11) is 0. The van der Waals surface area contributed by atoms with Gasteiger partial charge in [0.05, 0.1) is 0 Å². The fourth-order valence-corrected chi connectivity index (χ4v) is 6.42. The van der Waals surface area contributed by atoms with E-state index in [1.54, 1.807) is 0 Å². The van der Waals surface area contributed by atoms with Crippen molar-refractivity contribution in [3.8, 4) is 0 Å². The first kappa shape index (κ1) is 32.2. The van der Waals surface area contributed by atoms with Gasteiger partial charge >= 0.3 is 0 Å². The van der Waals surface area contributed by atoms with Crippen LogP contribution in [0.4, 0.5) is 0 Å². The van der Waals surface area contributed by atoms with Gasteiger partial charge in [-0.25, -0.2) is 0 Å². The van der Waals surface area contributed by atoms with Gasteiger partial charge in [-0.15, -0.1) is 0 Å². The minimum atomic E-state index is -0.250. The summed E-state index contributed by atoms with van der Waals surface area (Å²) in [5.74, 6) is -0.150. The molecule has 6 amide bonds. The van der Waals surface area contributed by atoms with E-state index < -0.39 is 0 Å². The second-order valence-electron chi connectivity index (χ2n) is 11.6. The zero-order valence-corrected chi connectivity index (χ0v) is 24.6. The molecule has 0 aliphatic carbocycles. The third-order valence-corrected chi connectivity index (χ3v) is 8.41. The van der Waals surface area contributed by atoms with Crippen LogP contribution in [0.5, 0.6) is 0 Å². The molecule has 9 nitrogen and oxygen atoms in total. The second kappa shape index (κ2) is 16.2. The van der Waals surface area contributed by atoms with Gasteiger partial charge in [0.1, 0.15) is 0 Å². The Balaban J connectivity index is 1.59. The van der Waals surface area contributed by atoms with Gasteiger partial charge in [0.15, 0.2) is 0 Å². The van der Waals surface area contributed by atoms with Crippen LogP contribution in [-0.2, 0) is 28.8 Å². The Kier molecular flexibility index (Phi) is 12.7. The van der Waals surface area contributed by atoms with E-state index in [-0.39, 0.29) is 35.4 Å². The SMILES string of the molecule is CCCC(CCCN1C(=O)C=CC1=O)CC(CCCN1C(=O)C=CC1=O)CC(CCC)CCCN1C(=O)C=CC1=O. The average Bonchev–Trinajstić information content (AvgIpc) is 3.55. The number of amides is 6. The molecule has 9 heteroatoms. The van der Waals surface area contributed by atoms with E-state index in [1.165, 1.54) is 51.2 Å². The molecule has 0 radical (unpaired) electrons. The topological polar surface area (TPSA) is 112 Å². The van der Waals surface area contributed by atoms with E-state index in [2.05, 4.69) is 13.8 Å². The molecule has 0 saturated heterocycles. The highest BCUT2D eigenvalue weighted by atomic mass is 16.2. The largest absolute Gasteiger partial charge is 0.275 e. The van der Waals surface area contributed by atoms with E-state index >= 15 is 0 Å². The van der Waals surface area contributed by atoms with Crippen LogP contribution in [0, 0.1) is 17.8 Å². The zero-order valence-electron chi connectivity index (χ0n) is 24.6. The van der Waals surface area contributed by atoms with Gasteiger partial charge in [-0.3, -0.25) is 43.5 Å². The number of hydrogen-bond donors (Lipinski definition) is 0. The fraction of sp³-hybridized carbons (Fsp3) is 0.625. The first-order valence-electron chi connectivity index (χ1n) is 15.3. The Morgan fingerprint density at radius 1 is 0.439 bits per heavy atom. The van der Waals surface area contributed by atoms with Crippen molar-refractivity contribution >= 4 is 35.4 Å². The van der Waals surface area contributed by atoms with Crippen molar-refractivity contribution < 1.29 is 28.8 Å². The molecule has 3 aliphatic heterocycles. The minimum absolute atomic E-state index is 0.240. The highest BCUT2D eigenvalue weighted by Gasteiger charge is 2.27. The Labute approximate surface area is 243 Å². The third kappa shape index (κ3) is 9.61. The lowest BCUT2D eigenvalue weighted by atomic mass is 9.79. The third-order valence-electron chi connectivity index (χ3n) is 8.41. The van der Waals surface area contributed by atoms with Gasteiger partial charge in [0.2, 0.25) is 0 Å². The van der Waals surface area contributed by atoms with Crippen LogP contribution in [0.2, 0.25) is 0 Å². The molecule has 0 aromatic heterocycles. The summed E-state index contributed by atoms with van der Waals surface area (Å²) in [5.41, 5.74) is 0. The molecule has 3 aliphatic rings. The van der Waals surface area contributed by atoms with Gasteiger partial charge in [0.25, 0.3) is 35.4 Å². The van der Waals surface area contributed by atoms with Crippen LogP contribution in [0.3, 0.4) is 0 Å². The lowest BCUT2D eigenvalue weighted by Crippen LogP contribution is -2.31. The van der Waals surface area contributed by atoms with Gasteiger partial charge in [-0.1, -0.05) is 39.5 Å². The Morgan fingerprint density at radius 2 is 0.707 bits per heavy atom. The average molecular weight is 568 g/mol. The number of hydrogen-bond acceptors (Lipinski definition) is 6. The molecular weight excluding hydrogens is 522 g/mol. The predicted octanol–water partition coefficient (Wildman–Crippen LogP) is 4.33. The summed E-state index contributed by atoms with van der Waals surface area (Å²) in [4.78, 5) is 75.8. The Morgan fingerprint density at radius 3 is 0.976 bits per heavy atom. The van der Waals surface area contributed by atoms with Crippen molar-refractivity contribution in [2.24, 2.45) is 17.8 Å². The summed E-state index contributed by atoms with van der Waals surface area (Å²) < 4.78 is 0. The minimum Gasteiger partial charge on any atom is -0.275 e. The standard InChI is InChI=1S/C32H45N3O6/c1-3-8-24(10-5-19-33-27(36)13-14-28(33)37)22-26(12-7-21-35-31(40)17-18-32(35)41)23-25(9-4-2)11-6-20-34-29(38)15-16-30(34)39/h13-18,24-26H,3-12,19-23H2,1-2H3. The van der Waals surface area contributed by atoms with Gasteiger partial charge in [0, 0.05) is 56.1 Å². The van der Waals surface area contributed by atoms with E-state index in [0.717, 1.165) is 77.0 Å². The molecule has 0 aromatic rings. The molecular formula is C32H45N3O6. The molecule has 3 rings (SSSR count). The van der Waals surface area contributed by atoms with Gasteiger partial charge < -0.3 is 0 Å². The zero-order chi connectivity index (χ0) is 29.8. The van der Waals surface area contributed by atoms with Gasteiger partial charge in [-0.05, 0) is 69.1 Å². The number of nitrogens with zero attached hydrogens (tertiary/aromatic N) is 3. The van der Waals surface area contributed by atoms with Crippen molar-refractivity contribution in [1.29, 1.82) is 0 Å². The fourth-order valence-electron chi connectivity index (χ4n) is 6.42. The van der Waals surface area contributed by atoms with Gasteiger partial charge in [-0.2, -0.15) is 0 Å². The first-order valence-corrected chi connectivity index (χ1v) is 15.3. The van der Waals surface area contributed by atoms with Crippen LogP contribution < -0.4 is 0 Å². The summed E-state index contributed by atoms with van der Waals surface area (Å²) in [6.07, 6.45) is 19.2. The van der Waals surface area contributed by atoms with E-state index in [9.17, 15) is 28.8 Å². The molecule has 0 saturated carbocycles. The van der Waals surface area contributed by atoms with Crippen molar-refractivity contribution in [3.63, 3.8) is 0 Å². The number of imide groups is 3. The molecule has 2 unspecified atom stereocenters. The van der Waals surface area contributed by atoms with Crippen molar-refractivity contribution in [2.75, 3.05) is 19.6 Å². The lowest BCUT2D eigenvalue weighted by Gasteiger charge is -2.28. The molecule has 224 valence electrons. The molecule has 3 heterocycles. The van der Waals surface area contributed by atoms with E-state index in [0.29, 0.717) is 37.4 Å². The monoisotopic (exact) mass is 567 g/mol. The molecule has 0 N–H and O–H groups in total. The molecule has 2 atom stereocenters. The lowest BCUT2D eigenvalue weighted by molar-refractivity contribution is -0.138. The second-order valence-corrected chi connectivity index (χ2v) is 11.6. The van der Waals surface area contributed by atoms with Crippen molar-refractivity contribution in [1.82, 2.24) is 14.7 Å². The summed E-state index contributed by atoms with van der Waals surface area (Å²) in [5, 5.41) is 0. The summed E-state index contributed by atoms with van der Waals surface area (Å²) >= 11 is 0. The van der Waals surface area contributed by atoms with Crippen LogP contribution in [-0.4, -0.2) is 69.8 Å². The van der Waals surface area contributed by atoms with Crippen LogP contribution >= 0.6 is 0 Å². The smallest absolute Gasteiger partial charge is 0.253 e. The predicted molar refractivity (Wildman–Crippen MR) is 155 cm³/mol. The highest BCUT2D eigenvalue weighted by molar-refractivity contribution is 6.13. The molecule has 0 aromatic carbocycles. The Hall–Kier alpha value is -3.36. The van der Waals surface area contributed by atoms with Crippen molar-refractivity contribution in [3.05, 3.63) is 36.5 Å². The number of carbonyl (C=O) groups is 6. The molecule has 0 bridgehead atoms. The van der Waals surface area contributed by atoms with Crippen molar-refractivity contribution in [2.45, 2.75) is 90.9 Å². The quantitative estimate of drug-likeness (QED) is 0.203.